The molecule has 2 aliphatic heterocycles. The lowest BCUT2D eigenvalue weighted by atomic mass is 9.88. The van der Waals surface area contributed by atoms with Gasteiger partial charge in [-0.25, -0.2) is 0 Å². The topological polar surface area (TPSA) is 44.7 Å². The minimum atomic E-state index is -0.366. The summed E-state index contributed by atoms with van der Waals surface area (Å²) in [7, 11) is 0. The molecular weight excluding hydrogens is 264 g/mol. The largest absolute Gasteiger partial charge is 0.389 e. The highest BCUT2D eigenvalue weighted by atomic mass is 16.5. The smallest absolute Gasteiger partial charge is 0.0897 e. The molecule has 2 N–H and O–H groups in total. The number of hydrogen-bond acceptors (Lipinski definition) is 4. The Bertz CT molecular complexity index is 326. The summed E-state index contributed by atoms with van der Waals surface area (Å²) in [5, 5.41) is 13.7. The van der Waals surface area contributed by atoms with Crippen LogP contribution in [0.25, 0.3) is 0 Å². The summed E-state index contributed by atoms with van der Waals surface area (Å²) in [6.07, 6.45) is 8.96. The first-order valence-electron chi connectivity index (χ1n) is 9.01. The Morgan fingerprint density at radius 3 is 2.86 bits per heavy atom. The Morgan fingerprint density at radius 1 is 1.14 bits per heavy atom. The second-order valence-electron chi connectivity index (χ2n) is 7.34. The predicted octanol–water partition coefficient (Wildman–Crippen LogP) is 1.77. The van der Waals surface area contributed by atoms with E-state index in [-0.39, 0.29) is 6.10 Å². The van der Waals surface area contributed by atoms with Gasteiger partial charge in [-0.3, -0.25) is 4.90 Å². The van der Waals surface area contributed by atoms with Gasteiger partial charge >= 0.3 is 0 Å². The average Bonchev–Trinajstić information content (AvgIpc) is 3.08. The highest BCUT2D eigenvalue weighted by Crippen LogP contribution is 2.28. The lowest BCUT2D eigenvalue weighted by Crippen LogP contribution is -2.43. The molecule has 0 aromatic rings. The zero-order chi connectivity index (χ0) is 14.7. The van der Waals surface area contributed by atoms with E-state index in [2.05, 4.69) is 17.1 Å². The maximum Gasteiger partial charge on any atom is 0.0897 e. The summed E-state index contributed by atoms with van der Waals surface area (Å²) in [6.45, 7) is 5.95. The van der Waals surface area contributed by atoms with Crippen LogP contribution in [-0.2, 0) is 4.74 Å². The van der Waals surface area contributed by atoms with Crippen molar-refractivity contribution in [2.45, 2.75) is 76.2 Å². The molecule has 122 valence electrons. The lowest BCUT2D eigenvalue weighted by molar-refractivity contribution is -0.0457. The fraction of sp³-hybridized carbons (Fsp3) is 1.00. The predicted molar refractivity (Wildman–Crippen MR) is 84.4 cm³/mol. The highest BCUT2D eigenvalue weighted by Gasteiger charge is 2.36. The molecule has 3 fully saturated rings. The van der Waals surface area contributed by atoms with Crippen molar-refractivity contribution in [3.8, 4) is 0 Å². The molecule has 4 nitrogen and oxygen atoms in total. The Morgan fingerprint density at radius 2 is 2.00 bits per heavy atom. The van der Waals surface area contributed by atoms with Gasteiger partial charge in [-0.15, -0.1) is 0 Å². The fourth-order valence-corrected chi connectivity index (χ4v) is 4.43. The first kappa shape index (κ1) is 15.7. The van der Waals surface area contributed by atoms with Gasteiger partial charge in [-0.2, -0.15) is 0 Å². The molecule has 1 saturated carbocycles. The van der Waals surface area contributed by atoms with Gasteiger partial charge in [0.05, 0.1) is 18.8 Å². The van der Waals surface area contributed by atoms with Crippen LogP contribution < -0.4 is 5.32 Å². The van der Waals surface area contributed by atoms with Crippen LogP contribution >= 0.6 is 0 Å². The van der Waals surface area contributed by atoms with Gasteiger partial charge in [0.25, 0.3) is 0 Å². The van der Waals surface area contributed by atoms with Gasteiger partial charge in [-0.05, 0) is 44.6 Å². The third kappa shape index (κ3) is 3.98. The number of hydrogen-bond donors (Lipinski definition) is 2. The molecule has 5 unspecified atom stereocenters. The zero-order valence-corrected chi connectivity index (χ0v) is 13.5. The molecule has 0 bridgehead atoms. The van der Waals surface area contributed by atoms with Gasteiger partial charge < -0.3 is 15.2 Å². The first-order valence-corrected chi connectivity index (χ1v) is 9.01. The summed E-state index contributed by atoms with van der Waals surface area (Å²) >= 11 is 0. The Labute approximate surface area is 129 Å². The summed E-state index contributed by atoms with van der Waals surface area (Å²) in [5.41, 5.74) is 0. The molecule has 21 heavy (non-hydrogen) atoms. The van der Waals surface area contributed by atoms with Crippen LogP contribution in [0.4, 0.5) is 0 Å². The molecular formula is C17H32N2O2. The minimum absolute atomic E-state index is 0.366. The van der Waals surface area contributed by atoms with Crippen molar-refractivity contribution in [2.24, 2.45) is 5.92 Å². The molecule has 2 saturated heterocycles. The summed E-state index contributed by atoms with van der Waals surface area (Å²) in [5.74, 6) is 0.654. The first-order chi connectivity index (χ1) is 10.2. The van der Waals surface area contributed by atoms with Crippen LogP contribution in [0.15, 0.2) is 0 Å². The van der Waals surface area contributed by atoms with Crippen LogP contribution in [0.5, 0.6) is 0 Å². The monoisotopic (exact) mass is 296 g/mol. The van der Waals surface area contributed by atoms with Crippen molar-refractivity contribution >= 4 is 0 Å². The van der Waals surface area contributed by atoms with E-state index in [0.717, 1.165) is 6.04 Å². The number of rotatable bonds is 6. The molecule has 0 aromatic carbocycles. The third-order valence-corrected chi connectivity index (χ3v) is 5.76. The Kier molecular flexibility index (Phi) is 5.54. The molecule has 3 aliphatic rings. The molecule has 0 spiro atoms. The summed E-state index contributed by atoms with van der Waals surface area (Å²) < 4.78 is 5.96. The van der Waals surface area contributed by atoms with E-state index in [9.17, 15) is 5.11 Å². The molecule has 5 atom stereocenters. The fourth-order valence-electron chi connectivity index (χ4n) is 4.43. The second kappa shape index (κ2) is 7.40. The van der Waals surface area contributed by atoms with Crippen LogP contribution in [0, 0.1) is 5.92 Å². The van der Waals surface area contributed by atoms with Crippen molar-refractivity contribution in [3.05, 3.63) is 0 Å². The Balaban J connectivity index is 1.33. The maximum absolute atomic E-state index is 10.2. The summed E-state index contributed by atoms with van der Waals surface area (Å²) in [6, 6.07) is 1.30. The molecule has 2 heterocycles. The SMILES string of the molecule is CC1CCCCC1OCC(O)CNC1CCN2CCCC12. The van der Waals surface area contributed by atoms with Crippen LogP contribution in [0.2, 0.25) is 0 Å². The van der Waals surface area contributed by atoms with E-state index in [1.165, 1.54) is 58.0 Å². The van der Waals surface area contributed by atoms with Gasteiger partial charge in [0.2, 0.25) is 0 Å². The lowest BCUT2D eigenvalue weighted by Gasteiger charge is -2.30. The van der Waals surface area contributed by atoms with Crippen LogP contribution in [0.1, 0.15) is 51.9 Å². The van der Waals surface area contributed by atoms with E-state index in [0.29, 0.717) is 31.2 Å². The quantitative estimate of drug-likeness (QED) is 0.784. The van der Waals surface area contributed by atoms with Crippen LogP contribution in [-0.4, -0.2) is 60.5 Å². The van der Waals surface area contributed by atoms with E-state index in [1.807, 2.05) is 0 Å². The Hall–Kier alpha value is -0.160. The van der Waals surface area contributed by atoms with Crippen molar-refractivity contribution in [3.63, 3.8) is 0 Å². The van der Waals surface area contributed by atoms with E-state index in [1.54, 1.807) is 0 Å². The second-order valence-corrected chi connectivity index (χ2v) is 7.34. The number of nitrogens with zero attached hydrogens (tertiary/aromatic N) is 1. The molecule has 3 rings (SSSR count). The molecule has 0 radical (unpaired) electrons. The number of ether oxygens (including phenoxy) is 1. The van der Waals surface area contributed by atoms with Gasteiger partial charge in [0.15, 0.2) is 0 Å². The van der Waals surface area contributed by atoms with Gasteiger partial charge in [0, 0.05) is 25.2 Å². The molecule has 0 aromatic heterocycles. The number of aliphatic hydroxyl groups excluding tert-OH is 1. The number of fused-ring (bicyclic) bond motifs is 1. The average molecular weight is 296 g/mol. The van der Waals surface area contributed by atoms with E-state index < -0.39 is 0 Å². The molecule has 0 amide bonds. The number of nitrogens with one attached hydrogen (secondary N) is 1. The van der Waals surface area contributed by atoms with Crippen molar-refractivity contribution in [2.75, 3.05) is 26.2 Å². The zero-order valence-electron chi connectivity index (χ0n) is 13.5. The maximum atomic E-state index is 10.2. The van der Waals surface area contributed by atoms with E-state index >= 15 is 0 Å². The normalized spacial score (nSPS) is 38.6. The third-order valence-electron chi connectivity index (χ3n) is 5.76. The van der Waals surface area contributed by atoms with Crippen molar-refractivity contribution in [1.29, 1.82) is 0 Å². The summed E-state index contributed by atoms with van der Waals surface area (Å²) in [4.78, 5) is 2.60. The van der Waals surface area contributed by atoms with Crippen molar-refractivity contribution in [1.82, 2.24) is 10.2 Å². The number of aliphatic hydroxyl groups is 1. The molecule has 4 heteroatoms. The van der Waals surface area contributed by atoms with Gasteiger partial charge in [0.1, 0.15) is 0 Å². The minimum Gasteiger partial charge on any atom is -0.389 e. The van der Waals surface area contributed by atoms with Crippen LogP contribution in [0.3, 0.4) is 0 Å². The van der Waals surface area contributed by atoms with Crippen molar-refractivity contribution < 1.29 is 9.84 Å². The molecule has 1 aliphatic carbocycles. The standard InChI is InChI=1S/C17H32N2O2/c1-13-5-2-3-7-17(13)21-12-14(20)11-18-15-8-10-19-9-4-6-16(15)19/h13-18,20H,2-12H2,1H3. The van der Waals surface area contributed by atoms with Gasteiger partial charge in [-0.1, -0.05) is 19.8 Å². The highest BCUT2D eigenvalue weighted by molar-refractivity contribution is 4.95. The van der Waals surface area contributed by atoms with E-state index in [4.69, 9.17) is 4.74 Å².